The third-order valence-electron chi connectivity index (χ3n) is 4.79. The first-order chi connectivity index (χ1) is 12.6. The molecule has 0 bridgehead atoms. The molecule has 1 amide bonds. The van der Waals surface area contributed by atoms with Crippen LogP contribution in [-0.4, -0.2) is 36.0 Å². The summed E-state index contributed by atoms with van der Waals surface area (Å²) in [4.78, 5) is 18.9. The Balaban J connectivity index is 1.57. The van der Waals surface area contributed by atoms with Crippen LogP contribution in [0.4, 0.5) is 0 Å². The van der Waals surface area contributed by atoms with E-state index in [1.54, 1.807) is 12.0 Å². The number of methoxy groups -OCH3 is 1. The number of nitrogens with one attached hydrogen (secondary N) is 2. The molecule has 0 saturated carbocycles. The second kappa shape index (κ2) is 8.29. The molecule has 6 heteroatoms. The number of carbonyl (C=O) groups excluding carboxylic acids is 1. The fourth-order valence-corrected chi connectivity index (χ4v) is 3.12. The van der Waals surface area contributed by atoms with E-state index in [0.717, 1.165) is 23.4 Å². The first-order valence-corrected chi connectivity index (χ1v) is 8.94. The van der Waals surface area contributed by atoms with E-state index in [4.69, 9.17) is 4.74 Å². The zero-order valence-corrected chi connectivity index (χ0v) is 15.5. The van der Waals surface area contributed by atoms with Crippen LogP contribution in [0.2, 0.25) is 0 Å². The van der Waals surface area contributed by atoms with Gasteiger partial charge in [0, 0.05) is 19.3 Å². The van der Waals surface area contributed by atoms with Crippen LogP contribution in [0.1, 0.15) is 36.2 Å². The van der Waals surface area contributed by atoms with E-state index in [9.17, 15) is 4.79 Å². The van der Waals surface area contributed by atoms with Crippen LogP contribution in [0.3, 0.4) is 0 Å². The molecule has 1 aromatic heterocycles. The molecule has 3 rings (SSSR count). The van der Waals surface area contributed by atoms with E-state index in [1.807, 2.05) is 43.6 Å². The van der Waals surface area contributed by atoms with Crippen LogP contribution in [-0.2, 0) is 17.8 Å². The van der Waals surface area contributed by atoms with Gasteiger partial charge in [0.25, 0.3) is 0 Å². The molecule has 2 atom stereocenters. The molecule has 138 valence electrons. The van der Waals surface area contributed by atoms with Crippen molar-refractivity contribution in [3.05, 3.63) is 59.4 Å². The van der Waals surface area contributed by atoms with Gasteiger partial charge in [-0.15, -0.1) is 0 Å². The molecule has 1 aromatic carbocycles. The number of hydrazine groups is 1. The lowest BCUT2D eigenvalue weighted by Gasteiger charge is -2.20. The van der Waals surface area contributed by atoms with Gasteiger partial charge in [0.15, 0.2) is 0 Å². The van der Waals surface area contributed by atoms with Crippen molar-refractivity contribution in [3.8, 4) is 5.75 Å². The summed E-state index contributed by atoms with van der Waals surface area (Å²) in [7, 11) is 3.47. The second-order valence-corrected chi connectivity index (χ2v) is 6.61. The Morgan fingerprint density at radius 2 is 2.00 bits per heavy atom. The summed E-state index contributed by atoms with van der Waals surface area (Å²) in [6.07, 6.45) is 3.55. The normalized spacial score (nSPS) is 19.3. The predicted molar refractivity (Wildman–Crippen MR) is 101 cm³/mol. The SMILES string of the molecule is CCc1ccc(CN(C)C(=O)C2CC(c3ccc(OC)cc3)NN2)nc1. The van der Waals surface area contributed by atoms with E-state index < -0.39 is 0 Å². The van der Waals surface area contributed by atoms with Crippen LogP contribution < -0.4 is 15.6 Å². The molecule has 1 saturated heterocycles. The highest BCUT2D eigenvalue weighted by molar-refractivity contribution is 5.82. The number of benzene rings is 1. The van der Waals surface area contributed by atoms with Gasteiger partial charge in [0.05, 0.1) is 19.3 Å². The zero-order chi connectivity index (χ0) is 18.5. The standard InChI is InChI=1S/C20H26N4O2/c1-4-14-5-8-16(21-12-14)13-24(2)20(25)19-11-18(22-23-19)15-6-9-17(26-3)10-7-15/h5-10,12,18-19,22-23H,4,11,13H2,1-3H3. The average molecular weight is 354 g/mol. The van der Waals surface area contributed by atoms with E-state index in [-0.39, 0.29) is 18.0 Å². The van der Waals surface area contributed by atoms with Crippen molar-refractivity contribution in [3.63, 3.8) is 0 Å². The quantitative estimate of drug-likeness (QED) is 0.833. The van der Waals surface area contributed by atoms with Crippen LogP contribution in [0.25, 0.3) is 0 Å². The van der Waals surface area contributed by atoms with Crippen molar-refractivity contribution in [2.24, 2.45) is 0 Å². The smallest absolute Gasteiger partial charge is 0.241 e. The Hall–Kier alpha value is -2.44. The summed E-state index contributed by atoms with van der Waals surface area (Å²) < 4.78 is 5.19. The molecule has 0 radical (unpaired) electrons. The molecule has 1 fully saturated rings. The van der Waals surface area contributed by atoms with Gasteiger partial charge in [0.2, 0.25) is 5.91 Å². The van der Waals surface area contributed by atoms with Gasteiger partial charge >= 0.3 is 0 Å². The van der Waals surface area contributed by atoms with E-state index >= 15 is 0 Å². The Labute approximate surface area is 154 Å². The summed E-state index contributed by atoms with van der Waals surface area (Å²) in [5.41, 5.74) is 9.58. The van der Waals surface area contributed by atoms with Gasteiger partial charge in [-0.1, -0.05) is 25.1 Å². The molecular formula is C20H26N4O2. The van der Waals surface area contributed by atoms with Gasteiger partial charge < -0.3 is 9.64 Å². The Morgan fingerprint density at radius 1 is 1.23 bits per heavy atom. The minimum atomic E-state index is -0.248. The predicted octanol–water partition coefficient (Wildman–Crippen LogP) is 2.22. The number of aromatic nitrogens is 1. The molecule has 1 aliphatic rings. The Morgan fingerprint density at radius 3 is 2.62 bits per heavy atom. The van der Waals surface area contributed by atoms with E-state index in [1.165, 1.54) is 5.56 Å². The Bertz CT molecular complexity index is 730. The summed E-state index contributed by atoms with van der Waals surface area (Å²) in [5, 5.41) is 0. The fraction of sp³-hybridized carbons (Fsp3) is 0.400. The number of likely N-dealkylation sites (N-methyl/N-ethyl adjacent to an activating group) is 1. The van der Waals surface area contributed by atoms with Crippen molar-refractivity contribution in [2.45, 2.75) is 38.4 Å². The number of carbonyl (C=O) groups is 1. The summed E-state index contributed by atoms with van der Waals surface area (Å²) in [6, 6.07) is 11.8. The number of ether oxygens (including phenoxy) is 1. The fourth-order valence-electron chi connectivity index (χ4n) is 3.12. The minimum absolute atomic E-state index is 0.0647. The van der Waals surface area contributed by atoms with Crippen molar-refractivity contribution >= 4 is 5.91 Å². The van der Waals surface area contributed by atoms with Crippen molar-refractivity contribution < 1.29 is 9.53 Å². The summed E-state index contributed by atoms with van der Waals surface area (Å²) in [5.74, 6) is 0.892. The first kappa shape index (κ1) is 18.4. The number of rotatable bonds is 6. The largest absolute Gasteiger partial charge is 0.497 e. The molecule has 1 aliphatic heterocycles. The third kappa shape index (κ3) is 4.20. The molecule has 2 heterocycles. The number of amides is 1. The molecule has 0 aliphatic carbocycles. The molecular weight excluding hydrogens is 328 g/mol. The Kier molecular flexibility index (Phi) is 5.85. The highest BCUT2D eigenvalue weighted by atomic mass is 16.5. The third-order valence-corrected chi connectivity index (χ3v) is 4.79. The number of pyridine rings is 1. The second-order valence-electron chi connectivity index (χ2n) is 6.61. The van der Waals surface area contributed by atoms with Gasteiger partial charge in [0.1, 0.15) is 11.8 Å². The maximum atomic E-state index is 12.7. The average Bonchev–Trinajstić information content (AvgIpc) is 3.18. The molecule has 2 aromatic rings. The number of aryl methyl sites for hydroxylation is 1. The number of hydrogen-bond donors (Lipinski definition) is 2. The molecule has 2 unspecified atom stereocenters. The van der Waals surface area contributed by atoms with Crippen molar-refractivity contribution in [1.82, 2.24) is 20.7 Å². The van der Waals surface area contributed by atoms with Crippen molar-refractivity contribution in [2.75, 3.05) is 14.2 Å². The highest BCUT2D eigenvalue weighted by Crippen LogP contribution is 2.25. The monoisotopic (exact) mass is 354 g/mol. The van der Waals surface area contributed by atoms with E-state index in [0.29, 0.717) is 13.0 Å². The topological polar surface area (TPSA) is 66.5 Å². The van der Waals surface area contributed by atoms with Crippen LogP contribution in [0, 0.1) is 0 Å². The zero-order valence-electron chi connectivity index (χ0n) is 15.5. The van der Waals surface area contributed by atoms with Gasteiger partial charge in [-0.2, -0.15) is 0 Å². The van der Waals surface area contributed by atoms with Crippen molar-refractivity contribution in [1.29, 1.82) is 0 Å². The van der Waals surface area contributed by atoms with Crippen LogP contribution in [0.15, 0.2) is 42.6 Å². The number of nitrogens with zero attached hydrogens (tertiary/aromatic N) is 2. The van der Waals surface area contributed by atoms with Crippen LogP contribution in [0.5, 0.6) is 5.75 Å². The maximum Gasteiger partial charge on any atom is 0.241 e. The highest BCUT2D eigenvalue weighted by Gasteiger charge is 2.31. The summed E-state index contributed by atoms with van der Waals surface area (Å²) in [6.45, 7) is 2.61. The van der Waals surface area contributed by atoms with E-state index in [2.05, 4.69) is 28.8 Å². The van der Waals surface area contributed by atoms with Gasteiger partial charge in [-0.25, -0.2) is 10.9 Å². The lowest BCUT2D eigenvalue weighted by molar-refractivity contribution is -0.132. The minimum Gasteiger partial charge on any atom is -0.497 e. The summed E-state index contributed by atoms with van der Waals surface area (Å²) >= 11 is 0. The first-order valence-electron chi connectivity index (χ1n) is 8.94. The maximum absolute atomic E-state index is 12.7. The molecule has 0 spiro atoms. The van der Waals surface area contributed by atoms with Gasteiger partial charge in [-0.3, -0.25) is 9.78 Å². The molecule has 26 heavy (non-hydrogen) atoms. The lowest BCUT2D eigenvalue weighted by Crippen LogP contribution is -2.43. The molecule has 6 nitrogen and oxygen atoms in total. The number of hydrogen-bond acceptors (Lipinski definition) is 5. The molecule has 2 N–H and O–H groups in total. The lowest BCUT2D eigenvalue weighted by atomic mass is 10.0. The van der Waals surface area contributed by atoms with Gasteiger partial charge in [-0.05, 0) is 42.2 Å². The van der Waals surface area contributed by atoms with Crippen LogP contribution >= 0.6 is 0 Å².